The molecule has 0 aromatic rings. The number of hydrogen-bond donors (Lipinski definition) is 1. The Balaban J connectivity index is 0.00000392. The second-order valence-electron chi connectivity index (χ2n) is 7.56. The highest BCUT2D eigenvalue weighted by Crippen LogP contribution is 2.10. The van der Waals surface area contributed by atoms with Crippen molar-refractivity contribution in [3.05, 3.63) is 0 Å². The summed E-state index contributed by atoms with van der Waals surface area (Å²) in [5.74, 6) is 1.06. The van der Waals surface area contributed by atoms with Crippen LogP contribution in [-0.2, 0) is 9.59 Å². The van der Waals surface area contributed by atoms with Gasteiger partial charge in [-0.2, -0.15) is 0 Å². The number of rotatable bonds is 6. The Morgan fingerprint density at radius 3 is 2.18 bits per heavy atom. The molecule has 1 N–H and O–H groups in total. The van der Waals surface area contributed by atoms with Crippen molar-refractivity contribution < 1.29 is 9.59 Å². The average Bonchev–Trinajstić information content (AvgIpc) is 2.69. The second kappa shape index (κ2) is 13.2. The maximum Gasteiger partial charge on any atom is 0.243 e. The number of aliphatic imine (C=N–C) groups is 1. The van der Waals surface area contributed by atoms with Crippen LogP contribution in [0.25, 0.3) is 0 Å². The van der Waals surface area contributed by atoms with Crippen molar-refractivity contribution in [2.75, 3.05) is 73.0 Å². The third-order valence-electron chi connectivity index (χ3n) is 5.14. The molecule has 0 radical (unpaired) electrons. The van der Waals surface area contributed by atoms with Crippen molar-refractivity contribution in [2.45, 2.75) is 32.6 Å². The smallest absolute Gasteiger partial charge is 0.243 e. The number of guanidine groups is 1. The first-order valence-electron chi connectivity index (χ1n) is 10.2. The number of amides is 2. The topological polar surface area (TPSA) is 71.5 Å². The maximum absolute atomic E-state index is 12.5. The minimum absolute atomic E-state index is 0. The maximum atomic E-state index is 12.5. The quantitative estimate of drug-likeness (QED) is 0.325. The largest absolute Gasteiger partial charge is 0.356 e. The third-order valence-corrected chi connectivity index (χ3v) is 5.14. The number of nitrogens with zero attached hydrogens (tertiary/aromatic N) is 5. The van der Waals surface area contributed by atoms with Gasteiger partial charge in [-0.05, 0) is 25.7 Å². The summed E-state index contributed by atoms with van der Waals surface area (Å²) in [6.45, 7) is 8.77. The van der Waals surface area contributed by atoms with E-state index < -0.39 is 0 Å². The molecule has 162 valence electrons. The van der Waals surface area contributed by atoms with Gasteiger partial charge in [0, 0.05) is 59.9 Å². The van der Waals surface area contributed by atoms with Crippen molar-refractivity contribution in [3.63, 3.8) is 0 Å². The van der Waals surface area contributed by atoms with E-state index in [9.17, 15) is 9.59 Å². The van der Waals surface area contributed by atoms with Gasteiger partial charge >= 0.3 is 0 Å². The van der Waals surface area contributed by atoms with E-state index in [1.54, 1.807) is 19.0 Å². The SMILES string of the molecule is CCCNC(=NCC(=O)N(C)C)N1CCN(CC(=O)N2CCCCC2)CC1.I. The van der Waals surface area contributed by atoms with E-state index in [0.717, 1.165) is 71.0 Å². The lowest BCUT2D eigenvalue weighted by atomic mass is 10.1. The first-order chi connectivity index (χ1) is 13.0. The van der Waals surface area contributed by atoms with Gasteiger partial charge in [-0.1, -0.05) is 6.92 Å². The standard InChI is InChI=1S/C19H36N6O2.HI/c1-4-8-20-19(21-15-17(26)22(2)3)25-13-11-23(12-14-25)16-18(27)24-9-6-5-7-10-24;/h4-16H2,1-3H3,(H,20,21);1H. The van der Waals surface area contributed by atoms with Crippen molar-refractivity contribution in [3.8, 4) is 0 Å². The lowest BCUT2D eigenvalue weighted by molar-refractivity contribution is -0.133. The number of likely N-dealkylation sites (N-methyl/N-ethyl adjacent to an activating group) is 1. The number of piperazine rings is 1. The summed E-state index contributed by atoms with van der Waals surface area (Å²) in [7, 11) is 3.49. The second-order valence-corrected chi connectivity index (χ2v) is 7.56. The molecule has 2 rings (SSSR count). The molecule has 0 aromatic carbocycles. The molecule has 2 fully saturated rings. The molecule has 2 amide bonds. The summed E-state index contributed by atoms with van der Waals surface area (Å²) in [6.07, 6.45) is 4.51. The molecule has 0 atom stereocenters. The Bertz CT molecular complexity index is 515. The van der Waals surface area contributed by atoms with Gasteiger partial charge < -0.3 is 20.0 Å². The van der Waals surface area contributed by atoms with E-state index in [1.165, 1.54) is 6.42 Å². The minimum Gasteiger partial charge on any atom is -0.356 e. The number of nitrogens with one attached hydrogen (secondary N) is 1. The van der Waals surface area contributed by atoms with Gasteiger partial charge in [-0.15, -0.1) is 24.0 Å². The first kappa shape index (κ1) is 24.9. The molecule has 0 spiro atoms. The molecule has 2 saturated heterocycles. The van der Waals surface area contributed by atoms with E-state index in [0.29, 0.717) is 6.54 Å². The fraction of sp³-hybridized carbons (Fsp3) is 0.842. The van der Waals surface area contributed by atoms with Gasteiger partial charge in [0.05, 0.1) is 6.54 Å². The lowest BCUT2D eigenvalue weighted by Crippen LogP contribution is -2.54. The predicted molar refractivity (Wildman–Crippen MR) is 123 cm³/mol. The Labute approximate surface area is 186 Å². The molecule has 0 aromatic heterocycles. The van der Waals surface area contributed by atoms with Crippen molar-refractivity contribution in [1.82, 2.24) is 24.9 Å². The molecule has 28 heavy (non-hydrogen) atoms. The predicted octanol–water partition coefficient (Wildman–Crippen LogP) is 0.678. The van der Waals surface area contributed by atoms with Crippen LogP contribution < -0.4 is 5.32 Å². The highest BCUT2D eigenvalue weighted by molar-refractivity contribution is 14.0. The number of hydrogen-bond acceptors (Lipinski definition) is 4. The number of halogens is 1. The minimum atomic E-state index is -0.00318. The summed E-state index contributed by atoms with van der Waals surface area (Å²) < 4.78 is 0. The van der Waals surface area contributed by atoms with Crippen LogP contribution in [0.4, 0.5) is 0 Å². The van der Waals surface area contributed by atoms with Crippen LogP contribution in [0.2, 0.25) is 0 Å². The molecule has 0 unspecified atom stereocenters. The molecule has 8 nitrogen and oxygen atoms in total. The highest BCUT2D eigenvalue weighted by Gasteiger charge is 2.24. The van der Waals surface area contributed by atoms with Gasteiger partial charge in [-0.3, -0.25) is 14.5 Å². The Hall–Kier alpha value is -1.10. The van der Waals surface area contributed by atoms with Crippen LogP contribution in [0, 0.1) is 0 Å². The van der Waals surface area contributed by atoms with E-state index in [1.807, 2.05) is 4.90 Å². The average molecular weight is 508 g/mol. The van der Waals surface area contributed by atoms with Gasteiger partial charge in [0.15, 0.2) is 5.96 Å². The summed E-state index contributed by atoms with van der Waals surface area (Å²) in [5.41, 5.74) is 0. The number of carbonyl (C=O) groups is 2. The normalized spacial score (nSPS) is 18.5. The zero-order valence-electron chi connectivity index (χ0n) is 17.7. The number of piperidine rings is 1. The van der Waals surface area contributed by atoms with Crippen LogP contribution in [0.5, 0.6) is 0 Å². The van der Waals surface area contributed by atoms with Crippen LogP contribution in [0.1, 0.15) is 32.6 Å². The molecular formula is C19H37IN6O2. The fourth-order valence-electron chi connectivity index (χ4n) is 3.34. The number of likely N-dealkylation sites (tertiary alicyclic amines) is 1. The molecule has 2 heterocycles. The Kier molecular flexibility index (Phi) is 11.7. The van der Waals surface area contributed by atoms with E-state index >= 15 is 0 Å². The van der Waals surface area contributed by atoms with E-state index in [4.69, 9.17) is 0 Å². The van der Waals surface area contributed by atoms with Crippen molar-refractivity contribution in [2.24, 2.45) is 4.99 Å². The van der Waals surface area contributed by atoms with Gasteiger partial charge in [0.25, 0.3) is 0 Å². The Morgan fingerprint density at radius 1 is 0.964 bits per heavy atom. The highest BCUT2D eigenvalue weighted by atomic mass is 127. The van der Waals surface area contributed by atoms with Crippen molar-refractivity contribution in [1.29, 1.82) is 0 Å². The number of carbonyl (C=O) groups excluding carboxylic acids is 2. The molecule has 0 saturated carbocycles. The van der Waals surface area contributed by atoms with Crippen molar-refractivity contribution >= 4 is 41.8 Å². The van der Waals surface area contributed by atoms with Gasteiger partial charge in [-0.25, -0.2) is 4.99 Å². The van der Waals surface area contributed by atoms with E-state index in [2.05, 4.69) is 27.0 Å². The molecule has 9 heteroatoms. The molecule has 0 aliphatic carbocycles. The van der Waals surface area contributed by atoms with Gasteiger partial charge in [0.2, 0.25) is 11.8 Å². The zero-order valence-corrected chi connectivity index (χ0v) is 20.0. The van der Waals surface area contributed by atoms with Crippen LogP contribution in [0.15, 0.2) is 4.99 Å². The molecule has 0 bridgehead atoms. The molecule has 2 aliphatic heterocycles. The third kappa shape index (κ3) is 8.10. The fourth-order valence-corrected chi connectivity index (χ4v) is 3.34. The van der Waals surface area contributed by atoms with Crippen LogP contribution in [-0.4, -0.2) is 110 Å². The summed E-state index contributed by atoms with van der Waals surface area (Å²) in [4.78, 5) is 36.8. The van der Waals surface area contributed by atoms with E-state index in [-0.39, 0.29) is 42.3 Å². The first-order valence-corrected chi connectivity index (χ1v) is 10.2. The summed E-state index contributed by atoms with van der Waals surface area (Å²) >= 11 is 0. The Morgan fingerprint density at radius 2 is 1.61 bits per heavy atom. The monoisotopic (exact) mass is 508 g/mol. The van der Waals surface area contributed by atoms with Crippen LogP contribution >= 0.6 is 24.0 Å². The lowest BCUT2D eigenvalue weighted by Gasteiger charge is -2.37. The molecule has 2 aliphatic rings. The zero-order chi connectivity index (χ0) is 19.6. The summed E-state index contributed by atoms with van der Waals surface area (Å²) in [5, 5.41) is 3.35. The summed E-state index contributed by atoms with van der Waals surface area (Å²) in [6, 6.07) is 0. The molecular weight excluding hydrogens is 471 g/mol. The van der Waals surface area contributed by atoms with Crippen LogP contribution in [0.3, 0.4) is 0 Å². The van der Waals surface area contributed by atoms with Gasteiger partial charge in [0.1, 0.15) is 6.54 Å².